The Labute approximate surface area is 152 Å². The molecule has 0 aliphatic carbocycles. The SMILES string of the molecule is CN(Cc1ccccc1-n1cccn1)c1nc(N)nc2c1CCNCC2. The predicted octanol–water partition coefficient (Wildman–Crippen LogP) is 1.57. The number of rotatable bonds is 4. The Hall–Kier alpha value is -2.93. The van der Waals surface area contributed by atoms with Crippen molar-refractivity contribution in [1.82, 2.24) is 25.1 Å². The number of aromatic nitrogens is 4. The first-order valence-electron chi connectivity index (χ1n) is 8.87. The minimum absolute atomic E-state index is 0.341. The second-order valence-corrected chi connectivity index (χ2v) is 6.52. The zero-order valence-corrected chi connectivity index (χ0v) is 14.9. The number of nitrogen functional groups attached to an aromatic ring is 1. The highest BCUT2D eigenvalue weighted by molar-refractivity contribution is 5.53. The summed E-state index contributed by atoms with van der Waals surface area (Å²) in [6.07, 6.45) is 5.54. The molecule has 134 valence electrons. The molecule has 3 N–H and O–H groups in total. The van der Waals surface area contributed by atoms with E-state index in [9.17, 15) is 0 Å². The molecule has 0 fully saturated rings. The molecule has 0 unspecified atom stereocenters. The highest BCUT2D eigenvalue weighted by atomic mass is 15.3. The number of nitrogens with zero attached hydrogens (tertiary/aromatic N) is 5. The van der Waals surface area contributed by atoms with Gasteiger partial charge in [0.05, 0.1) is 11.4 Å². The second kappa shape index (κ2) is 7.13. The monoisotopic (exact) mass is 349 g/mol. The van der Waals surface area contributed by atoms with Crippen LogP contribution in [0.1, 0.15) is 16.8 Å². The molecule has 0 radical (unpaired) electrons. The van der Waals surface area contributed by atoms with Crippen LogP contribution in [0.2, 0.25) is 0 Å². The quantitative estimate of drug-likeness (QED) is 0.744. The lowest BCUT2D eigenvalue weighted by atomic mass is 10.1. The molecule has 1 aliphatic heterocycles. The normalized spacial score (nSPS) is 13.9. The van der Waals surface area contributed by atoms with Crippen molar-refractivity contribution in [2.24, 2.45) is 0 Å². The van der Waals surface area contributed by atoms with Gasteiger partial charge in [0.15, 0.2) is 0 Å². The van der Waals surface area contributed by atoms with Crippen LogP contribution in [-0.4, -0.2) is 39.9 Å². The van der Waals surface area contributed by atoms with E-state index in [1.54, 1.807) is 6.20 Å². The summed E-state index contributed by atoms with van der Waals surface area (Å²) in [5, 5.41) is 7.79. The maximum atomic E-state index is 5.99. The molecule has 1 aliphatic rings. The summed E-state index contributed by atoms with van der Waals surface area (Å²) in [4.78, 5) is 11.2. The van der Waals surface area contributed by atoms with Gasteiger partial charge in [0.2, 0.25) is 5.95 Å². The van der Waals surface area contributed by atoms with Crippen molar-refractivity contribution in [2.45, 2.75) is 19.4 Å². The van der Waals surface area contributed by atoms with Crippen LogP contribution in [0.4, 0.5) is 11.8 Å². The van der Waals surface area contributed by atoms with E-state index in [0.29, 0.717) is 12.5 Å². The van der Waals surface area contributed by atoms with Crippen LogP contribution in [0.25, 0.3) is 5.69 Å². The fraction of sp³-hybridized carbons (Fsp3) is 0.316. The third kappa shape index (κ3) is 3.25. The number of fused-ring (bicyclic) bond motifs is 1. The second-order valence-electron chi connectivity index (χ2n) is 6.52. The fourth-order valence-corrected chi connectivity index (χ4v) is 3.47. The van der Waals surface area contributed by atoms with Crippen LogP contribution in [0, 0.1) is 0 Å². The first-order chi connectivity index (χ1) is 12.7. The average Bonchev–Trinajstić information content (AvgIpc) is 3.07. The Morgan fingerprint density at radius 3 is 2.85 bits per heavy atom. The van der Waals surface area contributed by atoms with Crippen LogP contribution in [-0.2, 0) is 19.4 Å². The van der Waals surface area contributed by atoms with Crippen molar-refractivity contribution >= 4 is 11.8 Å². The summed E-state index contributed by atoms with van der Waals surface area (Å²) in [6.45, 7) is 2.58. The molecule has 0 bridgehead atoms. The van der Waals surface area contributed by atoms with Gasteiger partial charge in [-0.25, -0.2) is 9.67 Å². The summed E-state index contributed by atoms with van der Waals surface area (Å²) in [6, 6.07) is 10.2. The van der Waals surface area contributed by atoms with Crippen molar-refractivity contribution in [2.75, 3.05) is 30.8 Å². The minimum atomic E-state index is 0.341. The number of benzene rings is 1. The Morgan fingerprint density at radius 1 is 1.15 bits per heavy atom. The van der Waals surface area contributed by atoms with Crippen molar-refractivity contribution < 1.29 is 0 Å². The molecule has 0 atom stereocenters. The standard InChI is InChI=1S/C19H23N7/c1-25(13-14-5-2-3-6-17(14)26-12-4-9-22-26)18-15-7-10-21-11-8-16(15)23-19(20)24-18/h2-6,9,12,21H,7-8,10-11,13H2,1H3,(H2,20,23,24). The summed E-state index contributed by atoms with van der Waals surface area (Å²) in [5.41, 5.74) is 10.5. The highest BCUT2D eigenvalue weighted by Crippen LogP contribution is 2.25. The maximum absolute atomic E-state index is 5.99. The lowest BCUT2D eigenvalue weighted by molar-refractivity contribution is 0.708. The van der Waals surface area contributed by atoms with Gasteiger partial charge < -0.3 is 16.0 Å². The Morgan fingerprint density at radius 2 is 2.00 bits per heavy atom. The lowest BCUT2D eigenvalue weighted by Gasteiger charge is -2.23. The van der Waals surface area contributed by atoms with Gasteiger partial charge in [-0.15, -0.1) is 0 Å². The first-order valence-corrected chi connectivity index (χ1v) is 8.87. The molecule has 26 heavy (non-hydrogen) atoms. The lowest BCUT2D eigenvalue weighted by Crippen LogP contribution is -2.23. The molecule has 7 nitrogen and oxygen atoms in total. The Bertz CT molecular complexity index is 889. The van der Waals surface area contributed by atoms with Crippen LogP contribution < -0.4 is 16.0 Å². The van der Waals surface area contributed by atoms with Crippen LogP contribution in [0.3, 0.4) is 0 Å². The van der Waals surface area contributed by atoms with E-state index >= 15 is 0 Å². The van der Waals surface area contributed by atoms with Gasteiger partial charge in [-0.1, -0.05) is 18.2 Å². The molecule has 3 heterocycles. The van der Waals surface area contributed by atoms with E-state index in [2.05, 4.69) is 50.5 Å². The maximum Gasteiger partial charge on any atom is 0.222 e. The smallest absolute Gasteiger partial charge is 0.222 e. The average molecular weight is 349 g/mol. The molecule has 1 aromatic carbocycles. The largest absolute Gasteiger partial charge is 0.368 e. The van der Waals surface area contributed by atoms with Crippen LogP contribution >= 0.6 is 0 Å². The van der Waals surface area contributed by atoms with E-state index in [1.165, 1.54) is 11.1 Å². The number of anilines is 2. The van der Waals surface area contributed by atoms with Gasteiger partial charge in [0, 0.05) is 44.5 Å². The molecular weight excluding hydrogens is 326 g/mol. The van der Waals surface area contributed by atoms with Gasteiger partial charge in [-0.05, 0) is 30.7 Å². The van der Waals surface area contributed by atoms with Crippen molar-refractivity contribution in [3.8, 4) is 5.69 Å². The van der Waals surface area contributed by atoms with E-state index in [4.69, 9.17) is 5.73 Å². The summed E-state index contributed by atoms with van der Waals surface area (Å²) in [5.74, 6) is 1.26. The summed E-state index contributed by atoms with van der Waals surface area (Å²) < 4.78 is 1.89. The van der Waals surface area contributed by atoms with Crippen LogP contribution in [0.15, 0.2) is 42.7 Å². The summed E-state index contributed by atoms with van der Waals surface area (Å²) >= 11 is 0. The number of nitrogens with one attached hydrogen (secondary N) is 1. The number of hydrogen-bond acceptors (Lipinski definition) is 6. The van der Waals surface area contributed by atoms with Gasteiger partial charge in [-0.2, -0.15) is 10.1 Å². The topological polar surface area (TPSA) is 84.9 Å². The molecule has 2 aromatic heterocycles. The number of nitrogens with two attached hydrogens (primary N) is 1. The fourth-order valence-electron chi connectivity index (χ4n) is 3.47. The van der Waals surface area contributed by atoms with Crippen molar-refractivity contribution in [1.29, 1.82) is 0 Å². The minimum Gasteiger partial charge on any atom is -0.368 e. The van der Waals surface area contributed by atoms with E-state index in [-0.39, 0.29) is 0 Å². The molecular formula is C19H23N7. The molecule has 0 saturated carbocycles. The Balaban J connectivity index is 1.68. The zero-order valence-electron chi connectivity index (χ0n) is 14.9. The van der Waals surface area contributed by atoms with Crippen molar-refractivity contribution in [3.05, 3.63) is 59.5 Å². The van der Waals surface area contributed by atoms with Gasteiger partial charge in [-0.3, -0.25) is 0 Å². The number of hydrogen-bond donors (Lipinski definition) is 2. The molecule has 4 rings (SSSR count). The van der Waals surface area contributed by atoms with Crippen LogP contribution in [0.5, 0.6) is 0 Å². The summed E-state index contributed by atoms with van der Waals surface area (Å²) in [7, 11) is 2.06. The van der Waals surface area contributed by atoms with Gasteiger partial charge in [0.25, 0.3) is 0 Å². The van der Waals surface area contributed by atoms with Gasteiger partial charge in [0.1, 0.15) is 5.82 Å². The molecule has 0 spiro atoms. The third-order valence-corrected chi connectivity index (χ3v) is 4.69. The first kappa shape index (κ1) is 16.5. The molecule has 0 amide bonds. The Kier molecular flexibility index (Phi) is 4.53. The molecule has 7 heteroatoms. The van der Waals surface area contributed by atoms with E-state index < -0.39 is 0 Å². The molecule has 0 saturated heterocycles. The number of para-hydroxylation sites is 1. The third-order valence-electron chi connectivity index (χ3n) is 4.69. The zero-order chi connectivity index (χ0) is 17.9. The van der Waals surface area contributed by atoms with E-state index in [1.807, 2.05) is 23.0 Å². The highest BCUT2D eigenvalue weighted by Gasteiger charge is 2.19. The van der Waals surface area contributed by atoms with Crippen molar-refractivity contribution in [3.63, 3.8) is 0 Å². The molecule has 3 aromatic rings. The predicted molar refractivity (Wildman–Crippen MR) is 102 cm³/mol. The van der Waals surface area contributed by atoms with E-state index in [0.717, 1.165) is 43.1 Å². The van der Waals surface area contributed by atoms with Gasteiger partial charge >= 0.3 is 0 Å².